The second-order valence-electron chi connectivity index (χ2n) is 2.77. The van der Waals surface area contributed by atoms with Crippen molar-refractivity contribution in [2.24, 2.45) is 7.05 Å². The van der Waals surface area contributed by atoms with Gasteiger partial charge in [-0.2, -0.15) is 5.10 Å². The maximum atomic E-state index is 11.1. The molecule has 0 atom stereocenters. The quantitative estimate of drug-likeness (QED) is 0.523. The zero-order chi connectivity index (χ0) is 10.6. The summed E-state index contributed by atoms with van der Waals surface area (Å²) in [6.07, 6.45) is 0.601. The lowest BCUT2D eigenvalue weighted by Gasteiger charge is -1.93. The van der Waals surface area contributed by atoms with E-state index in [1.807, 2.05) is 0 Å². The molecule has 14 heavy (non-hydrogen) atoms. The zero-order valence-corrected chi connectivity index (χ0v) is 8.15. The minimum absolute atomic E-state index is 0.287. The zero-order valence-electron chi connectivity index (χ0n) is 8.15. The van der Waals surface area contributed by atoms with Crippen molar-refractivity contribution in [3.8, 4) is 0 Å². The molecule has 5 heteroatoms. The monoisotopic (exact) mass is 193 g/mol. The number of aromatic nitrogens is 2. The number of hydrogen-bond acceptors (Lipinski definition) is 3. The number of esters is 1. The minimum atomic E-state index is -0.449. The van der Waals surface area contributed by atoms with Gasteiger partial charge in [0.25, 0.3) is 0 Å². The normalized spacial score (nSPS) is 9.50. The first-order valence-electron chi connectivity index (χ1n) is 4.13. The molecule has 0 saturated heterocycles. The summed E-state index contributed by atoms with van der Waals surface area (Å²) in [6.45, 7) is 7.06. The first kappa shape index (κ1) is 10.3. The third-order valence-corrected chi connectivity index (χ3v) is 1.85. The smallest absolute Gasteiger partial charge is 0.358 e. The average molecular weight is 193 g/mol. The van der Waals surface area contributed by atoms with E-state index in [9.17, 15) is 4.79 Å². The van der Waals surface area contributed by atoms with Crippen molar-refractivity contribution in [1.29, 1.82) is 0 Å². The van der Waals surface area contributed by atoms with Crippen LogP contribution >= 0.6 is 0 Å². The number of aryl methyl sites for hydroxylation is 1. The van der Waals surface area contributed by atoms with Gasteiger partial charge in [0.2, 0.25) is 6.54 Å². The molecule has 74 valence electrons. The molecular formula is C9H11N3O2. The summed E-state index contributed by atoms with van der Waals surface area (Å²) in [7, 11) is 3.06. The van der Waals surface area contributed by atoms with E-state index in [1.165, 1.54) is 7.11 Å². The number of nitrogens with zero attached hydrogens (tertiary/aromatic N) is 3. The summed E-state index contributed by atoms with van der Waals surface area (Å²) >= 11 is 0. The van der Waals surface area contributed by atoms with Crippen LogP contribution in [0.3, 0.4) is 0 Å². The number of rotatable bonds is 3. The molecule has 0 unspecified atom stereocenters. The van der Waals surface area contributed by atoms with Crippen molar-refractivity contribution in [2.75, 3.05) is 13.7 Å². The summed E-state index contributed by atoms with van der Waals surface area (Å²) in [4.78, 5) is 14.3. The largest absolute Gasteiger partial charge is 0.464 e. The third kappa shape index (κ3) is 2.10. The molecular weight excluding hydrogens is 182 g/mol. The highest BCUT2D eigenvalue weighted by Gasteiger charge is 2.12. The lowest BCUT2D eigenvalue weighted by molar-refractivity contribution is 0.0593. The Morgan fingerprint density at radius 2 is 2.50 bits per heavy atom. The standard InChI is InChI=1S/C9H11N3O2/c1-10-5-4-7-6-8(9(13)14-3)11-12(7)2/h6H,4-5H2,2-3H3. The molecule has 0 aromatic carbocycles. The van der Waals surface area contributed by atoms with E-state index in [1.54, 1.807) is 17.8 Å². The molecule has 0 spiro atoms. The molecule has 0 bridgehead atoms. The van der Waals surface area contributed by atoms with Gasteiger partial charge in [-0.15, -0.1) is 0 Å². The van der Waals surface area contributed by atoms with Gasteiger partial charge in [0, 0.05) is 12.7 Å². The summed E-state index contributed by atoms with van der Waals surface area (Å²) in [6, 6.07) is 1.65. The summed E-state index contributed by atoms with van der Waals surface area (Å²) in [5, 5.41) is 3.97. The highest BCUT2D eigenvalue weighted by Crippen LogP contribution is 2.05. The van der Waals surface area contributed by atoms with Gasteiger partial charge in [-0.25, -0.2) is 11.4 Å². The molecule has 0 fully saturated rings. The molecule has 1 aromatic rings. The molecule has 0 amide bonds. The van der Waals surface area contributed by atoms with Crippen LogP contribution in [-0.4, -0.2) is 29.4 Å². The lowest BCUT2D eigenvalue weighted by atomic mass is 10.3. The Balaban J connectivity index is 2.83. The molecule has 0 aliphatic heterocycles. The van der Waals surface area contributed by atoms with E-state index in [-0.39, 0.29) is 5.69 Å². The Morgan fingerprint density at radius 1 is 1.79 bits per heavy atom. The Morgan fingerprint density at radius 3 is 3.07 bits per heavy atom. The fourth-order valence-corrected chi connectivity index (χ4v) is 1.11. The molecule has 1 aromatic heterocycles. The van der Waals surface area contributed by atoms with Gasteiger partial charge >= 0.3 is 5.97 Å². The van der Waals surface area contributed by atoms with E-state index >= 15 is 0 Å². The first-order chi connectivity index (χ1) is 6.69. The van der Waals surface area contributed by atoms with Gasteiger partial charge in [-0.05, 0) is 6.07 Å². The molecule has 0 N–H and O–H groups in total. The second kappa shape index (κ2) is 4.42. The molecule has 1 heterocycles. The number of carbonyl (C=O) groups is 1. The first-order valence-corrected chi connectivity index (χ1v) is 4.13. The van der Waals surface area contributed by atoms with Gasteiger partial charge in [-0.1, -0.05) is 0 Å². The van der Waals surface area contributed by atoms with Crippen molar-refractivity contribution in [1.82, 2.24) is 9.78 Å². The van der Waals surface area contributed by atoms with Crippen LogP contribution in [-0.2, 0) is 18.2 Å². The predicted octanol–water partition coefficient (Wildman–Crippen LogP) is 0.668. The van der Waals surface area contributed by atoms with E-state index in [2.05, 4.69) is 14.7 Å². The highest BCUT2D eigenvalue weighted by molar-refractivity contribution is 5.87. The van der Waals surface area contributed by atoms with Crippen LogP contribution in [0.25, 0.3) is 4.85 Å². The van der Waals surface area contributed by atoms with Crippen LogP contribution < -0.4 is 0 Å². The maximum Gasteiger partial charge on any atom is 0.358 e. The molecule has 0 radical (unpaired) electrons. The van der Waals surface area contributed by atoms with Crippen LogP contribution in [0, 0.1) is 6.57 Å². The molecule has 5 nitrogen and oxygen atoms in total. The van der Waals surface area contributed by atoms with Gasteiger partial charge in [-0.3, -0.25) is 4.68 Å². The Bertz CT molecular complexity index is 376. The fourth-order valence-electron chi connectivity index (χ4n) is 1.11. The lowest BCUT2D eigenvalue weighted by Crippen LogP contribution is -2.03. The highest BCUT2D eigenvalue weighted by atomic mass is 16.5. The van der Waals surface area contributed by atoms with E-state index in [4.69, 9.17) is 6.57 Å². The average Bonchev–Trinajstić information content (AvgIpc) is 2.56. The van der Waals surface area contributed by atoms with E-state index in [0.717, 1.165) is 5.69 Å². The molecule has 0 aliphatic rings. The van der Waals surface area contributed by atoms with Gasteiger partial charge in [0.1, 0.15) is 0 Å². The molecule has 0 saturated carbocycles. The number of hydrogen-bond donors (Lipinski definition) is 0. The van der Waals surface area contributed by atoms with Crippen molar-refractivity contribution < 1.29 is 9.53 Å². The number of methoxy groups -OCH3 is 1. The van der Waals surface area contributed by atoms with Crippen molar-refractivity contribution in [2.45, 2.75) is 6.42 Å². The fraction of sp³-hybridized carbons (Fsp3) is 0.444. The van der Waals surface area contributed by atoms with Crippen LogP contribution in [0.1, 0.15) is 16.2 Å². The van der Waals surface area contributed by atoms with Crippen molar-refractivity contribution in [3.05, 3.63) is 28.9 Å². The molecule has 0 aliphatic carbocycles. The number of ether oxygens (including phenoxy) is 1. The Hall–Kier alpha value is -1.83. The van der Waals surface area contributed by atoms with Crippen molar-refractivity contribution in [3.63, 3.8) is 0 Å². The van der Waals surface area contributed by atoms with Crippen LogP contribution in [0.2, 0.25) is 0 Å². The minimum Gasteiger partial charge on any atom is -0.464 e. The van der Waals surface area contributed by atoms with Crippen molar-refractivity contribution >= 4 is 5.97 Å². The van der Waals surface area contributed by atoms with E-state index < -0.39 is 5.97 Å². The topological polar surface area (TPSA) is 48.5 Å². The van der Waals surface area contributed by atoms with Crippen LogP contribution in [0.5, 0.6) is 0 Å². The van der Waals surface area contributed by atoms with Crippen LogP contribution in [0.15, 0.2) is 6.07 Å². The van der Waals surface area contributed by atoms with Gasteiger partial charge in [0.05, 0.1) is 13.5 Å². The second-order valence-corrected chi connectivity index (χ2v) is 2.77. The summed E-state index contributed by atoms with van der Waals surface area (Å²) < 4.78 is 6.13. The van der Waals surface area contributed by atoms with Crippen LogP contribution in [0.4, 0.5) is 0 Å². The predicted molar refractivity (Wildman–Crippen MR) is 49.7 cm³/mol. The summed E-state index contributed by atoms with van der Waals surface area (Å²) in [5.74, 6) is -0.449. The third-order valence-electron chi connectivity index (χ3n) is 1.85. The maximum absolute atomic E-state index is 11.1. The van der Waals surface area contributed by atoms with Gasteiger partial charge < -0.3 is 9.58 Å². The number of carbonyl (C=O) groups excluding carboxylic acids is 1. The van der Waals surface area contributed by atoms with Gasteiger partial charge in [0.15, 0.2) is 5.69 Å². The SMILES string of the molecule is [C-]#[N+]CCc1cc(C(=O)OC)nn1C. The Kier molecular flexibility index (Phi) is 3.24. The van der Waals surface area contributed by atoms with E-state index in [0.29, 0.717) is 13.0 Å². The molecule has 1 rings (SSSR count). The Labute approximate surface area is 82.1 Å². The summed E-state index contributed by atoms with van der Waals surface area (Å²) in [5.41, 5.74) is 1.15.